The Labute approximate surface area is 175 Å². The van der Waals surface area contributed by atoms with Crippen LogP contribution in [0.5, 0.6) is 0 Å². The van der Waals surface area contributed by atoms with Crippen molar-refractivity contribution >= 4 is 34.7 Å². The molecule has 8 heteroatoms. The summed E-state index contributed by atoms with van der Waals surface area (Å²) < 4.78 is 1.96. The van der Waals surface area contributed by atoms with Crippen molar-refractivity contribution in [3.05, 3.63) is 47.7 Å². The van der Waals surface area contributed by atoms with Gasteiger partial charge < -0.3 is 16.0 Å². The number of nitrogens with two attached hydrogens (primary N) is 1. The number of anilines is 1. The first-order valence-corrected chi connectivity index (χ1v) is 10.2. The number of fused-ring (bicyclic) bond motifs is 1. The summed E-state index contributed by atoms with van der Waals surface area (Å²) in [6.45, 7) is 5.54. The summed E-state index contributed by atoms with van der Waals surface area (Å²) in [5.41, 5.74) is 7.03. The van der Waals surface area contributed by atoms with Gasteiger partial charge >= 0.3 is 0 Å². The topological polar surface area (TPSA) is 89.1 Å². The van der Waals surface area contributed by atoms with E-state index in [0.717, 1.165) is 46.4 Å². The van der Waals surface area contributed by atoms with E-state index >= 15 is 0 Å². The van der Waals surface area contributed by atoms with Gasteiger partial charge in [0.25, 0.3) is 0 Å². The smallest absolute Gasteiger partial charge is 0.207 e. The van der Waals surface area contributed by atoms with Crippen molar-refractivity contribution in [2.45, 2.75) is 19.8 Å². The van der Waals surface area contributed by atoms with Gasteiger partial charge in [-0.3, -0.25) is 9.78 Å². The molecule has 3 N–H and O–H groups in total. The summed E-state index contributed by atoms with van der Waals surface area (Å²) in [4.78, 5) is 16.1. The maximum atomic E-state index is 9.40. The van der Waals surface area contributed by atoms with Gasteiger partial charge in [0.2, 0.25) is 6.41 Å². The van der Waals surface area contributed by atoms with Crippen molar-refractivity contribution < 1.29 is 4.79 Å². The Balaban J connectivity index is 0.000000353. The van der Waals surface area contributed by atoms with Gasteiger partial charge in [-0.1, -0.05) is 18.5 Å². The zero-order valence-corrected chi connectivity index (χ0v) is 17.3. The number of pyridine rings is 1. The van der Waals surface area contributed by atoms with Gasteiger partial charge in [-0.25, -0.2) is 4.68 Å². The molecule has 1 fully saturated rings. The molecule has 4 rings (SSSR count). The number of benzene rings is 1. The predicted molar refractivity (Wildman–Crippen MR) is 118 cm³/mol. The minimum atomic E-state index is 0.513. The van der Waals surface area contributed by atoms with E-state index < -0.39 is 0 Å². The fourth-order valence-electron chi connectivity index (χ4n) is 3.32. The molecule has 0 saturated carbocycles. The Hall–Kier alpha value is -2.64. The minimum absolute atomic E-state index is 0.513. The lowest BCUT2D eigenvalue weighted by Gasteiger charge is -2.30. The molecule has 3 heterocycles. The molecule has 154 valence electrons. The number of carbonyl (C=O) groups excluding carboxylic acids is 1. The minimum Gasteiger partial charge on any atom is -0.357 e. The second kappa shape index (κ2) is 10.2. The number of piperidine rings is 1. The van der Waals surface area contributed by atoms with Gasteiger partial charge in [-0.2, -0.15) is 0 Å². The quantitative estimate of drug-likeness (QED) is 0.495. The molecule has 1 aliphatic rings. The second-order valence-corrected chi connectivity index (χ2v) is 7.57. The highest BCUT2D eigenvalue weighted by molar-refractivity contribution is 6.30. The molecule has 29 heavy (non-hydrogen) atoms. The van der Waals surface area contributed by atoms with Crippen LogP contribution < -0.4 is 16.0 Å². The van der Waals surface area contributed by atoms with Crippen LogP contribution in [0.2, 0.25) is 5.02 Å². The second-order valence-electron chi connectivity index (χ2n) is 7.13. The summed E-state index contributed by atoms with van der Waals surface area (Å²) in [7, 11) is 0. The average molecular weight is 415 g/mol. The number of aromatic nitrogens is 3. The molecule has 0 aliphatic carbocycles. The van der Waals surface area contributed by atoms with Crippen LogP contribution >= 0.6 is 11.6 Å². The lowest BCUT2D eigenvalue weighted by molar-refractivity contribution is -0.109. The molecule has 0 radical (unpaired) electrons. The average Bonchev–Trinajstić information content (AvgIpc) is 3.14. The first-order valence-electron chi connectivity index (χ1n) is 9.84. The van der Waals surface area contributed by atoms with Crippen molar-refractivity contribution in [2.75, 3.05) is 31.1 Å². The van der Waals surface area contributed by atoms with E-state index in [0.29, 0.717) is 19.5 Å². The summed E-state index contributed by atoms with van der Waals surface area (Å²) in [6.07, 6.45) is 6.80. The molecule has 3 aromatic rings. The predicted octanol–water partition coefficient (Wildman–Crippen LogP) is 3.00. The van der Waals surface area contributed by atoms with Crippen LogP contribution in [0.1, 0.15) is 19.8 Å². The molecule has 1 saturated heterocycles. The number of hydrogen-bond donors (Lipinski definition) is 2. The zero-order valence-electron chi connectivity index (χ0n) is 16.6. The highest BCUT2D eigenvalue weighted by Crippen LogP contribution is 2.30. The number of nitrogens with one attached hydrogen (secondary N) is 1. The van der Waals surface area contributed by atoms with E-state index in [1.165, 1.54) is 12.8 Å². The third-order valence-electron chi connectivity index (χ3n) is 4.99. The summed E-state index contributed by atoms with van der Waals surface area (Å²) >= 11 is 6.01. The summed E-state index contributed by atoms with van der Waals surface area (Å²) in [5.74, 6) is 1.86. The van der Waals surface area contributed by atoms with Crippen molar-refractivity contribution in [3.8, 4) is 5.69 Å². The van der Waals surface area contributed by atoms with Gasteiger partial charge in [0.15, 0.2) is 5.82 Å². The van der Waals surface area contributed by atoms with Crippen molar-refractivity contribution in [1.29, 1.82) is 0 Å². The molecular weight excluding hydrogens is 388 g/mol. The van der Waals surface area contributed by atoms with Gasteiger partial charge in [0.1, 0.15) is 0 Å². The molecule has 0 unspecified atom stereocenters. The molecule has 1 aliphatic heterocycles. The Morgan fingerprint density at radius 2 is 1.97 bits per heavy atom. The van der Waals surface area contributed by atoms with E-state index in [9.17, 15) is 4.79 Å². The van der Waals surface area contributed by atoms with E-state index in [1.807, 2.05) is 41.3 Å². The molecule has 0 bridgehead atoms. The number of halogens is 1. The molecule has 7 nitrogen and oxygen atoms in total. The van der Waals surface area contributed by atoms with E-state index in [1.54, 1.807) is 0 Å². The van der Waals surface area contributed by atoms with Crippen LogP contribution in [0, 0.1) is 5.92 Å². The van der Waals surface area contributed by atoms with E-state index in [4.69, 9.17) is 22.4 Å². The molecule has 1 amide bonds. The lowest BCUT2D eigenvalue weighted by atomic mass is 9.99. The third-order valence-corrected chi connectivity index (χ3v) is 5.24. The molecule has 2 aromatic heterocycles. The number of nitrogens with zero attached hydrogens (tertiary/aromatic N) is 4. The fourth-order valence-corrected chi connectivity index (χ4v) is 3.45. The maximum absolute atomic E-state index is 9.40. The molecular formula is C21H27ClN6O. The normalized spacial score (nSPS) is 14.4. The van der Waals surface area contributed by atoms with Crippen LogP contribution in [-0.4, -0.2) is 47.4 Å². The first kappa shape index (κ1) is 21.1. The van der Waals surface area contributed by atoms with Gasteiger partial charge in [-0.05, 0) is 49.1 Å². The highest BCUT2D eigenvalue weighted by Gasteiger charge is 2.21. The Morgan fingerprint density at radius 1 is 1.24 bits per heavy atom. The number of hydrogen-bond acceptors (Lipinski definition) is 5. The molecule has 0 spiro atoms. The van der Waals surface area contributed by atoms with Crippen molar-refractivity contribution in [2.24, 2.45) is 11.7 Å². The van der Waals surface area contributed by atoms with Crippen LogP contribution in [0.3, 0.4) is 0 Å². The summed E-state index contributed by atoms with van der Waals surface area (Å²) in [6, 6.07) is 9.82. The maximum Gasteiger partial charge on any atom is 0.207 e. The van der Waals surface area contributed by atoms with Crippen LogP contribution in [0.15, 0.2) is 42.7 Å². The van der Waals surface area contributed by atoms with Gasteiger partial charge in [0.05, 0.1) is 17.4 Å². The van der Waals surface area contributed by atoms with Crippen molar-refractivity contribution in [3.63, 3.8) is 0 Å². The van der Waals surface area contributed by atoms with Gasteiger partial charge in [0, 0.05) is 42.8 Å². The highest BCUT2D eigenvalue weighted by atomic mass is 35.5. The summed E-state index contributed by atoms with van der Waals surface area (Å²) in [5, 5.41) is 9.18. The fraction of sp³-hybridized carbons (Fsp3) is 0.381. The standard InChI is InChI=1S/C18H19ClN4.C3H8N2O/c1-13-7-10-22(11-8-13)18-16-6-9-20-12-17(16)23(21-18)15-4-2-14(19)3-5-15;4-1-2-5-3-6/h2-6,9,12-13H,7-8,10-11H2,1H3;3H,1-2,4H2,(H,5,6). The Bertz CT molecular complexity index is 919. The monoisotopic (exact) mass is 414 g/mol. The largest absolute Gasteiger partial charge is 0.357 e. The number of rotatable bonds is 5. The lowest BCUT2D eigenvalue weighted by Crippen LogP contribution is -2.33. The molecule has 1 aromatic carbocycles. The van der Waals surface area contributed by atoms with Crippen LogP contribution in [0.4, 0.5) is 5.82 Å². The first-order chi connectivity index (χ1) is 14.1. The van der Waals surface area contributed by atoms with E-state index in [2.05, 4.69) is 28.2 Å². The van der Waals surface area contributed by atoms with Gasteiger partial charge in [-0.15, -0.1) is 5.10 Å². The van der Waals surface area contributed by atoms with Crippen molar-refractivity contribution in [1.82, 2.24) is 20.1 Å². The van der Waals surface area contributed by atoms with Crippen LogP contribution in [-0.2, 0) is 4.79 Å². The Morgan fingerprint density at radius 3 is 2.59 bits per heavy atom. The molecule has 0 atom stereocenters. The zero-order chi connectivity index (χ0) is 20.6. The number of carbonyl (C=O) groups is 1. The third kappa shape index (κ3) is 5.25. The van der Waals surface area contributed by atoms with E-state index in [-0.39, 0.29) is 0 Å². The Kier molecular flexibility index (Phi) is 7.43. The SMILES string of the molecule is CC1CCN(c2nn(-c3ccc(Cl)cc3)c3cnccc23)CC1.NCCNC=O. The number of amides is 1. The van der Waals surface area contributed by atoms with Crippen LogP contribution in [0.25, 0.3) is 16.6 Å².